The molecule has 0 aromatic heterocycles. The van der Waals surface area contributed by atoms with Gasteiger partial charge in [0, 0.05) is 0 Å². The molecule has 1 heterocycles. The van der Waals surface area contributed by atoms with Crippen molar-refractivity contribution in [3.8, 4) is 0 Å². The van der Waals surface area contributed by atoms with Gasteiger partial charge in [0.15, 0.2) is 0 Å². The van der Waals surface area contributed by atoms with Gasteiger partial charge in [0.05, 0.1) is 0 Å². The summed E-state index contributed by atoms with van der Waals surface area (Å²) < 4.78 is 0. The second kappa shape index (κ2) is 6.07. The van der Waals surface area contributed by atoms with Gasteiger partial charge in [0.25, 0.3) is 0 Å². The first-order valence-electron chi connectivity index (χ1n) is 8.12. The fraction of sp³-hybridized carbons (Fsp3) is 0.400. The highest BCUT2D eigenvalue weighted by Crippen LogP contribution is 2.82. The van der Waals surface area contributed by atoms with Crippen LogP contribution in [0.4, 0.5) is 0 Å². The Morgan fingerprint density at radius 3 is 1.23 bits per heavy atom. The van der Waals surface area contributed by atoms with Gasteiger partial charge in [-0.3, -0.25) is 0 Å². The number of hydrogen-bond donors (Lipinski definition) is 0. The SMILES string of the molecule is CC1(C)CCC(C)(C)P(c2ccccc2)P1c1ccccc1. The Labute approximate surface area is 137 Å². The van der Waals surface area contributed by atoms with E-state index < -0.39 is 0 Å². The lowest BCUT2D eigenvalue weighted by atomic mass is 9.99. The number of hydrogen-bond acceptors (Lipinski definition) is 0. The molecular weight excluding hydrogens is 302 g/mol. The third-order valence-electron chi connectivity index (χ3n) is 4.70. The van der Waals surface area contributed by atoms with E-state index in [0.29, 0.717) is 10.3 Å². The molecule has 0 radical (unpaired) electrons. The second-order valence-corrected chi connectivity index (χ2v) is 14.5. The molecule has 0 nitrogen and oxygen atoms in total. The van der Waals surface area contributed by atoms with E-state index in [1.54, 1.807) is 10.6 Å². The molecular formula is C20H26P2. The summed E-state index contributed by atoms with van der Waals surface area (Å²) in [4.78, 5) is 0. The highest BCUT2D eigenvalue weighted by molar-refractivity contribution is 8.37. The number of rotatable bonds is 2. The molecule has 2 heteroatoms. The maximum absolute atomic E-state index is 2.50. The van der Waals surface area contributed by atoms with E-state index in [1.165, 1.54) is 12.8 Å². The molecule has 1 saturated heterocycles. The molecule has 3 rings (SSSR count). The molecule has 1 aliphatic rings. The monoisotopic (exact) mass is 328 g/mol. The minimum atomic E-state index is -0.173. The van der Waals surface area contributed by atoms with Crippen molar-refractivity contribution < 1.29 is 0 Å². The largest absolute Gasteiger partial charge is 0.0622 e. The van der Waals surface area contributed by atoms with Crippen molar-refractivity contribution >= 4 is 25.8 Å². The van der Waals surface area contributed by atoms with Crippen LogP contribution >= 0.6 is 15.2 Å². The summed E-state index contributed by atoms with van der Waals surface area (Å²) in [6.45, 7) is 10.00. The zero-order valence-corrected chi connectivity index (χ0v) is 15.9. The van der Waals surface area contributed by atoms with Crippen LogP contribution < -0.4 is 10.6 Å². The summed E-state index contributed by atoms with van der Waals surface area (Å²) in [6.07, 6.45) is 2.68. The van der Waals surface area contributed by atoms with Crippen molar-refractivity contribution in [2.45, 2.75) is 50.8 Å². The summed E-state index contributed by atoms with van der Waals surface area (Å²) in [7, 11) is -0.346. The van der Waals surface area contributed by atoms with Crippen molar-refractivity contribution in [2.24, 2.45) is 0 Å². The summed E-state index contributed by atoms with van der Waals surface area (Å²) in [5.41, 5.74) is 0. The van der Waals surface area contributed by atoms with Gasteiger partial charge in [-0.25, -0.2) is 0 Å². The van der Waals surface area contributed by atoms with E-state index in [1.807, 2.05) is 0 Å². The highest BCUT2D eigenvalue weighted by atomic mass is 32.1. The van der Waals surface area contributed by atoms with E-state index >= 15 is 0 Å². The summed E-state index contributed by atoms with van der Waals surface area (Å²) >= 11 is 0. The standard InChI is InChI=1S/C20H26P2/c1-19(2)15-16-20(3,4)22(18-13-9-6-10-14-18)21(19)17-11-7-5-8-12-17/h5-14H,15-16H2,1-4H3. The lowest BCUT2D eigenvalue weighted by Crippen LogP contribution is -2.37. The highest BCUT2D eigenvalue weighted by Gasteiger charge is 2.48. The van der Waals surface area contributed by atoms with E-state index in [2.05, 4.69) is 88.4 Å². The molecule has 116 valence electrons. The Kier molecular flexibility index (Phi) is 4.46. The van der Waals surface area contributed by atoms with Crippen LogP contribution in [0.15, 0.2) is 60.7 Å². The molecule has 2 aromatic rings. The van der Waals surface area contributed by atoms with E-state index in [4.69, 9.17) is 0 Å². The first-order valence-corrected chi connectivity index (χ1v) is 11.5. The Morgan fingerprint density at radius 2 is 0.909 bits per heavy atom. The van der Waals surface area contributed by atoms with Crippen molar-refractivity contribution in [3.05, 3.63) is 60.7 Å². The molecule has 1 fully saturated rings. The molecule has 0 N–H and O–H groups in total. The van der Waals surface area contributed by atoms with Crippen LogP contribution in [0.25, 0.3) is 0 Å². The fourth-order valence-electron chi connectivity index (χ4n) is 3.43. The molecule has 0 bridgehead atoms. The maximum Gasteiger partial charge on any atom is -0.00690 e. The minimum Gasteiger partial charge on any atom is -0.0622 e. The van der Waals surface area contributed by atoms with Crippen LogP contribution in [0.3, 0.4) is 0 Å². The molecule has 0 amide bonds. The molecule has 2 aromatic carbocycles. The van der Waals surface area contributed by atoms with Gasteiger partial charge in [-0.1, -0.05) is 88.4 Å². The van der Waals surface area contributed by atoms with Gasteiger partial charge < -0.3 is 0 Å². The molecule has 2 atom stereocenters. The zero-order valence-electron chi connectivity index (χ0n) is 14.1. The lowest BCUT2D eigenvalue weighted by Gasteiger charge is -2.53. The van der Waals surface area contributed by atoms with Crippen LogP contribution in [0.2, 0.25) is 0 Å². The van der Waals surface area contributed by atoms with E-state index in [-0.39, 0.29) is 15.2 Å². The summed E-state index contributed by atoms with van der Waals surface area (Å²) in [6, 6.07) is 22.6. The smallest absolute Gasteiger partial charge is 0.00690 e. The first kappa shape index (κ1) is 16.2. The zero-order chi connectivity index (χ0) is 15.8. The van der Waals surface area contributed by atoms with Crippen LogP contribution in [-0.2, 0) is 0 Å². The second-order valence-electron chi connectivity index (χ2n) is 7.42. The van der Waals surface area contributed by atoms with Gasteiger partial charge >= 0.3 is 0 Å². The van der Waals surface area contributed by atoms with Crippen LogP contribution in [-0.4, -0.2) is 10.3 Å². The average Bonchev–Trinajstić information content (AvgIpc) is 2.51. The van der Waals surface area contributed by atoms with Crippen molar-refractivity contribution in [1.29, 1.82) is 0 Å². The van der Waals surface area contributed by atoms with Crippen LogP contribution in [0, 0.1) is 0 Å². The predicted molar refractivity (Wildman–Crippen MR) is 103 cm³/mol. The van der Waals surface area contributed by atoms with Gasteiger partial charge in [-0.15, -0.1) is 0 Å². The third-order valence-corrected chi connectivity index (χ3v) is 15.2. The van der Waals surface area contributed by atoms with E-state index in [9.17, 15) is 0 Å². The van der Waals surface area contributed by atoms with Crippen molar-refractivity contribution in [2.75, 3.05) is 0 Å². The number of benzene rings is 2. The minimum absolute atomic E-state index is 0.173. The lowest BCUT2D eigenvalue weighted by molar-refractivity contribution is 0.516. The summed E-state index contributed by atoms with van der Waals surface area (Å²) in [5.74, 6) is 0. The Bertz CT molecular complexity index is 559. The molecule has 0 saturated carbocycles. The molecule has 0 spiro atoms. The molecule has 2 unspecified atom stereocenters. The maximum atomic E-state index is 2.50. The normalized spacial score (nSPS) is 26.5. The summed E-state index contributed by atoms with van der Waals surface area (Å²) in [5, 5.41) is 4.03. The van der Waals surface area contributed by atoms with Gasteiger partial charge in [-0.2, -0.15) is 0 Å². The average molecular weight is 328 g/mol. The van der Waals surface area contributed by atoms with Crippen molar-refractivity contribution in [1.82, 2.24) is 0 Å². The van der Waals surface area contributed by atoms with Crippen LogP contribution in [0.5, 0.6) is 0 Å². The molecule has 0 aliphatic carbocycles. The molecule has 22 heavy (non-hydrogen) atoms. The van der Waals surface area contributed by atoms with Crippen LogP contribution in [0.1, 0.15) is 40.5 Å². The Hall–Kier alpha value is -0.700. The fourth-order valence-corrected chi connectivity index (χ4v) is 14.0. The quantitative estimate of drug-likeness (QED) is 0.605. The van der Waals surface area contributed by atoms with Gasteiger partial charge in [0.1, 0.15) is 0 Å². The predicted octanol–water partition coefficient (Wildman–Crippen LogP) is 5.87. The third kappa shape index (κ3) is 3.02. The Morgan fingerprint density at radius 1 is 0.591 bits per heavy atom. The molecule has 1 aliphatic heterocycles. The Balaban J connectivity index is 2.14. The topological polar surface area (TPSA) is 0 Å². The van der Waals surface area contributed by atoms with Crippen molar-refractivity contribution in [3.63, 3.8) is 0 Å². The van der Waals surface area contributed by atoms with Gasteiger partial charge in [0.2, 0.25) is 0 Å². The van der Waals surface area contributed by atoms with E-state index in [0.717, 1.165) is 0 Å². The van der Waals surface area contributed by atoms with Gasteiger partial charge in [-0.05, 0) is 49.0 Å². The first-order chi connectivity index (χ1) is 10.4.